The molecule has 0 bridgehead atoms. The molecule has 3 aromatic rings. The first-order chi connectivity index (χ1) is 13.8. The molecular weight excluding hydrogens is 346 g/mol. The van der Waals surface area contributed by atoms with Gasteiger partial charge in [-0.1, -0.05) is 84.9 Å². The Kier molecular flexibility index (Phi) is 5.34. The molecule has 0 radical (unpaired) electrons. The number of para-hydroxylation sites is 1. The van der Waals surface area contributed by atoms with E-state index in [9.17, 15) is 4.79 Å². The first-order valence-corrected chi connectivity index (χ1v) is 9.35. The lowest BCUT2D eigenvalue weighted by molar-refractivity contribution is 0.154. The number of amides is 1. The van der Waals surface area contributed by atoms with Gasteiger partial charge in [0.25, 0.3) is 0 Å². The van der Waals surface area contributed by atoms with E-state index in [4.69, 9.17) is 4.74 Å². The number of benzene rings is 3. The maximum atomic E-state index is 12.8. The van der Waals surface area contributed by atoms with E-state index in [1.54, 1.807) is 17.0 Å². The fourth-order valence-electron chi connectivity index (χ4n) is 3.35. The van der Waals surface area contributed by atoms with Crippen LogP contribution in [0, 0.1) is 0 Å². The van der Waals surface area contributed by atoms with E-state index in [0.717, 1.165) is 16.7 Å². The van der Waals surface area contributed by atoms with E-state index < -0.39 is 0 Å². The molecule has 0 aromatic heterocycles. The predicted molar refractivity (Wildman–Crippen MR) is 113 cm³/mol. The van der Waals surface area contributed by atoms with Crippen molar-refractivity contribution in [2.75, 3.05) is 0 Å². The van der Waals surface area contributed by atoms with Crippen LogP contribution in [0.4, 0.5) is 4.79 Å². The average Bonchev–Trinajstić information content (AvgIpc) is 2.75. The van der Waals surface area contributed by atoms with Gasteiger partial charge in [-0.15, -0.1) is 0 Å². The van der Waals surface area contributed by atoms with Gasteiger partial charge in [-0.05, 0) is 41.3 Å². The maximum Gasteiger partial charge on any atom is 0.419 e. The minimum absolute atomic E-state index is 0.114. The molecule has 1 amide bonds. The lowest BCUT2D eigenvalue weighted by atomic mass is 9.94. The molecule has 0 fully saturated rings. The van der Waals surface area contributed by atoms with Crippen molar-refractivity contribution >= 4 is 18.2 Å². The van der Waals surface area contributed by atoms with Crippen LogP contribution in [0.3, 0.4) is 0 Å². The van der Waals surface area contributed by atoms with Gasteiger partial charge < -0.3 is 4.74 Å². The fourth-order valence-corrected chi connectivity index (χ4v) is 3.35. The number of ether oxygens (including phenoxy) is 1. The SMILES string of the molecule is O=C(Oc1ccccc1)N1C=Cc2ccccc2[C@@H]1C/C=C/c1ccccc1. The summed E-state index contributed by atoms with van der Waals surface area (Å²) in [5.41, 5.74) is 3.39. The summed E-state index contributed by atoms with van der Waals surface area (Å²) in [5.74, 6) is 0.540. The zero-order chi connectivity index (χ0) is 19.2. The van der Waals surface area contributed by atoms with Crippen molar-refractivity contribution in [3.63, 3.8) is 0 Å². The van der Waals surface area contributed by atoms with Crippen LogP contribution in [0.5, 0.6) is 5.75 Å². The molecule has 3 heteroatoms. The van der Waals surface area contributed by atoms with Crippen LogP contribution in [0.15, 0.2) is 97.2 Å². The Labute approximate surface area is 165 Å². The van der Waals surface area contributed by atoms with Gasteiger partial charge in [-0.2, -0.15) is 0 Å². The van der Waals surface area contributed by atoms with Gasteiger partial charge in [0.15, 0.2) is 0 Å². The fraction of sp³-hybridized carbons (Fsp3) is 0.0800. The molecule has 0 saturated heterocycles. The highest BCUT2D eigenvalue weighted by Gasteiger charge is 2.28. The third kappa shape index (κ3) is 4.04. The van der Waals surface area contributed by atoms with E-state index in [1.807, 2.05) is 60.8 Å². The van der Waals surface area contributed by atoms with Crippen molar-refractivity contribution in [2.45, 2.75) is 12.5 Å². The summed E-state index contributed by atoms with van der Waals surface area (Å²) in [5, 5.41) is 0. The van der Waals surface area contributed by atoms with Crippen LogP contribution in [-0.4, -0.2) is 11.0 Å². The first kappa shape index (κ1) is 17.8. The molecule has 3 nitrogen and oxygen atoms in total. The summed E-state index contributed by atoms with van der Waals surface area (Å²) in [4.78, 5) is 14.5. The zero-order valence-corrected chi connectivity index (χ0v) is 15.4. The molecule has 0 N–H and O–H groups in total. The molecule has 1 atom stereocenters. The summed E-state index contributed by atoms with van der Waals surface area (Å²) in [7, 11) is 0. The smallest absolute Gasteiger partial charge is 0.410 e. The molecule has 0 aliphatic carbocycles. The van der Waals surface area contributed by atoms with Crippen LogP contribution < -0.4 is 4.74 Å². The number of hydrogen-bond donors (Lipinski definition) is 0. The minimum Gasteiger partial charge on any atom is -0.410 e. The Morgan fingerprint density at radius 2 is 1.57 bits per heavy atom. The van der Waals surface area contributed by atoms with Crippen molar-refractivity contribution in [1.82, 2.24) is 4.90 Å². The quantitative estimate of drug-likeness (QED) is 0.540. The van der Waals surface area contributed by atoms with E-state index in [2.05, 4.69) is 36.4 Å². The monoisotopic (exact) mass is 367 g/mol. The third-order valence-corrected chi connectivity index (χ3v) is 4.73. The van der Waals surface area contributed by atoms with Gasteiger partial charge in [0.1, 0.15) is 5.75 Å². The Morgan fingerprint density at radius 1 is 0.893 bits per heavy atom. The molecule has 1 aliphatic rings. The van der Waals surface area contributed by atoms with E-state index in [0.29, 0.717) is 12.2 Å². The largest absolute Gasteiger partial charge is 0.419 e. The maximum absolute atomic E-state index is 12.8. The van der Waals surface area contributed by atoms with Crippen LogP contribution in [0.25, 0.3) is 12.2 Å². The lowest BCUT2D eigenvalue weighted by Crippen LogP contribution is -2.34. The van der Waals surface area contributed by atoms with Gasteiger partial charge in [0.2, 0.25) is 0 Å². The zero-order valence-electron chi connectivity index (χ0n) is 15.4. The highest BCUT2D eigenvalue weighted by Crippen LogP contribution is 2.34. The third-order valence-electron chi connectivity index (χ3n) is 4.73. The molecular formula is C25H21NO2. The molecule has 0 spiro atoms. The second-order valence-electron chi connectivity index (χ2n) is 6.60. The molecule has 3 aromatic carbocycles. The van der Waals surface area contributed by atoms with Gasteiger partial charge in [0.05, 0.1) is 6.04 Å². The number of carbonyl (C=O) groups is 1. The highest BCUT2D eigenvalue weighted by molar-refractivity contribution is 5.76. The van der Waals surface area contributed by atoms with E-state index in [1.165, 1.54) is 0 Å². The molecule has 1 aliphatic heterocycles. The van der Waals surface area contributed by atoms with E-state index in [-0.39, 0.29) is 12.1 Å². The lowest BCUT2D eigenvalue weighted by Gasteiger charge is -2.32. The number of nitrogens with zero attached hydrogens (tertiary/aromatic N) is 1. The summed E-state index contributed by atoms with van der Waals surface area (Å²) >= 11 is 0. The van der Waals surface area contributed by atoms with Gasteiger partial charge in [0, 0.05) is 6.20 Å². The number of carbonyl (C=O) groups excluding carboxylic acids is 1. The van der Waals surface area contributed by atoms with Crippen molar-refractivity contribution in [3.8, 4) is 5.75 Å². The Morgan fingerprint density at radius 3 is 2.36 bits per heavy atom. The number of fused-ring (bicyclic) bond motifs is 1. The number of rotatable bonds is 4. The molecule has 0 saturated carbocycles. The topological polar surface area (TPSA) is 29.5 Å². The first-order valence-electron chi connectivity index (χ1n) is 9.35. The Balaban J connectivity index is 1.57. The molecule has 0 unspecified atom stereocenters. The van der Waals surface area contributed by atoms with Crippen molar-refractivity contribution in [2.24, 2.45) is 0 Å². The van der Waals surface area contributed by atoms with Crippen LogP contribution >= 0.6 is 0 Å². The van der Waals surface area contributed by atoms with Gasteiger partial charge in [-0.3, -0.25) is 4.90 Å². The normalized spacial score (nSPS) is 15.4. The second-order valence-corrected chi connectivity index (χ2v) is 6.60. The van der Waals surface area contributed by atoms with Crippen molar-refractivity contribution < 1.29 is 9.53 Å². The molecule has 28 heavy (non-hydrogen) atoms. The van der Waals surface area contributed by atoms with E-state index >= 15 is 0 Å². The summed E-state index contributed by atoms with van der Waals surface area (Å²) in [6, 6.07) is 27.4. The van der Waals surface area contributed by atoms with Crippen molar-refractivity contribution in [3.05, 3.63) is 114 Å². The second kappa shape index (κ2) is 8.40. The van der Waals surface area contributed by atoms with Crippen LogP contribution in [0.1, 0.15) is 29.2 Å². The molecule has 1 heterocycles. The van der Waals surface area contributed by atoms with Gasteiger partial charge >= 0.3 is 6.09 Å². The molecule has 4 rings (SSSR count). The summed E-state index contributed by atoms with van der Waals surface area (Å²) in [6.45, 7) is 0. The standard InChI is InChI=1S/C25H21NO2/c27-25(28-22-14-5-2-6-15-22)26-19-18-21-13-7-8-16-23(21)24(26)17-9-12-20-10-3-1-4-11-20/h1-16,18-19,24H,17H2/b12-9+/t24-/m0/s1. The minimum atomic E-state index is -0.380. The summed E-state index contributed by atoms with van der Waals surface area (Å²) in [6.07, 6.45) is 8.28. The summed E-state index contributed by atoms with van der Waals surface area (Å²) < 4.78 is 5.58. The Hall–Kier alpha value is -3.59. The number of hydrogen-bond acceptors (Lipinski definition) is 2. The van der Waals surface area contributed by atoms with Crippen molar-refractivity contribution in [1.29, 1.82) is 0 Å². The molecule has 138 valence electrons. The predicted octanol–water partition coefficient (Wildman–Crippen LogP) is 6.32. The van der Waals surface area contributed by atoms with Crippen LogP contribution in [-0.2, 0) is 0 Å². The average molecular weight is 367 g/mol. The van der Waals surface area contributed by atoms with Gasteiger partial charge in [-0.25, -0.2) is 4.79 Å². The van der Waals surface area contributed by atoms with Crippen LogP contribution in [0.2, 0.25) is 0 Å². The highest BCUT2D eigenvalue weighted by atomic mass is 16.6. The Bertz CT molecular complexity index is 993.